The molecule has 2 bridgehead atoms. The minimum Gasteiger partial charge on any atom is -0.481 e. The summed E-state index contributed by atoms with van der Waals surface area (Å²) in [4.78, 5) is 27.3. The van der Waals surface area contributed by atoms with E-state index in [0.29, 0.717) is 12.1 Å². The Hall–Kier alpha value is -1.18. The molecule has 2 atom stereocenters. The summed E-state index contributed by atoms with van der Waals surface area (Å²) in [6.45, 7) is 5.90. The number of carbonyl (C=O) groups excluding carboxylic acids is 1. The number of ether oxygens (including phenoxy) is 1. The summed E-state index contributed by atoms with van der Waals surface area (Å²) in [6, 6.07) is 1.20. The molecular formula is C16H27N3O4. The summed E-state index contributed by atoms with van der Waals surface area (Å²) in [7, 11) is 0. The van der Waals surface area contributed by atoms with Crippen LogP contribution in [0.15, 0.2) is 0 Å². The topological polar surface area (TPSA) is 82.1 Å². The lowest BCUT2D eigenvalue weighted by atomic mass is 9.97. The van der Waals surface area contributed by atoms with Gasteiger partial charge in [-0.25, -0.2) is 0 Å². The maximum Gasteiger partial charge on any atom is 0.312 e. The zero-order chi connectivity index (χ0) is 16.2. The van der Waals surface area contributed by atoms with Crippen LogP contribution >= 0.6 is 0 Å². The van der Waals surface area contributed by atoms with E-state index >= 15 is 0 Å². The number of morpholine rings is 1. The maximum atomic E-state index is 11.6. The van der Waals surface area contributed by atoms with Crippen LogP contribution < -0.4 is 5.32 Å². The van der Waals surface area contributed by atoms with Gasteiger partial charge in [-0.15, -0.1) is 0 Å². The van der Waals surface area contributed by atoms with Gasteiger partial charge in [-0.1, -0.05) is 0 Å². The molecule has 0 aromatic heterocycles. The van der Waals surface area contributed by atoms with Crippen molar-refractivity contribution in [3.63, 3.8) is 0 Å². The number of rotatable bonds is 6. The second kappa shape index (κ2) is 7.59. The average molecular weight is 325 g/mol. The molecule has 0 aromatic rings. The number of nitrogens with zero attached hydrogens (tertiary/aromatic N) is 2. The molecule has 130 valence electrons. The number of amides is 1. The molecule has 0 saturated carbocycles. The van der Waals surface area contributed by atoms with Crippen LogP contribution in [0.3, 0.4) is 0 Å². The van der Waals surface area contributed by atoms with Crippen molar-refractivity contribution in [3.8, 4) is 0 Å². The average Bonchev–Trinajstić information content (AvgIpc) is 2.74. The number of hydrogen-bond acceptors (Lipinski definition) is 5. The summed E-state index contributed by atoms with van der Waals surface area (Å²) in [5.41, 5.74) is 0. The van der Waals surface area contributed by atoms with Crippen LogP contribution in [0.25, 0.3) is 0 Å². The largest absolute Gasteiger partial charge is 0.481 e. The van der Waals surface area contributed by atoms with Gasteiger partial charge in [0.15, 0.2) is 0 Å². The van der Waals surface area contributed by atoms with Gasteiger partial charge in [0.05, 0.1) is 13.2 Å². The van der Waals surface area contributed by atoms with E-state index in [4.69, 9.17) is 9.84 Å². The first-order valence-corrected chi connectivity index (χ1v) is 8.69. The molecule has 7 heteroatoms. The molecule has 0 aliphatic carbocycles. The first kappa shape index (κ1) is 16.7. The van der Waals surface area contributed by atoms with Crippen LogP contribution in [0.1, 0.15) is 32.1 Å². The molecule has 3 heterocycles. The summed E-state index contributed by atoms with van der Waals surface area (Å²) in [6.07, 6.45) is 3.86. The van der Waals surface area contributed by atoms with Gasteiger partial charge in [-0.3, -0.25) is 19.4 Å². The highest BCUT2D eigenvalue weighted by Crippen LogP contribution is 2.35. The number of nitrogens with one attached hydrogen (secondary N) is 1. The van der Waals surface area contributed by atoms with Gasteiger partial charge in [0.1, 0.15) is 6.42 Å². The molecule has 3 rings (SSSR count). The Morgan fingerprint density at radius 1 is 1.09 bits per heavy atom. The van der Waals surface area contributed by atoms with Crippen LogP contribution in [0.2, 0.25) is 0 Å². The predicted molar refractivity (Wildman–Crippen MR) is 84.2 cm³/mol. The third kappa shape index (κ3) is 4.43. The second-order valence-corrected chi connectivity index (χ2v) is 6.88. The number of carboxylic acid groups (broad SMARTS) is 1. The number of hydrogen-bond donors (Lipinski definition) is 2. The molecule has 1 amide bonds. The maximum absolute atomic E-state index is 11.6. The van der Waals surface area contributed by atoms with Gasteiger partial charge >= 0.3 is 5.97 Å². The fourth-order valence-electron chi connectivity index (χ4n) is 4.25. The highest BCUT2D eigenvalue weighted by molar-refractivity contribution is 5.93. The monoisotopic (exact) mass is 325 g/mol. The van der Waals surface area contributed by atoms with E-state index in [0.717, 1.165) is 52.2 Å². The molecular weight excluding hydrogens is 298 g/mol. The van der Waals surface area contributed by atoms with Crippen molar-refractivity contribution in [2.24, 2.45) is 0 Å². The molecule has 23 heavy (non-hydrogen) atoms. The highest BCUT2D eigenvalue weighted by atomic mass is 16.5. The van der Waals surface area contributed by atoms with Crippen LogP contribution in [0, 0.1) is 0 Å². The van der Waals surface area contributed by atoms with E-state index in [1.54, 1.807) is 0 Å². The summed E-state index contributed by atoms with van der Waals surface area (Å²) in [5, 5.41) is 11.6. The number of piperidine rings is 1. The quantitative estimate of drug-likeness (QED) is 0.664. The van der Waals surface area contributed by atoms with Gasteiger partial charge in [-0.2, -0.15) is 0 Å². The van der Waals surface area contributed by atoms with Crippen molar-refractivity contribution in [1.29, 1.82) is 0 Å². The van der Waals surface area contributed by atoms with Crippen LogP contribution in [0.4, 0.5) is 0 Å². The Morgan fingerprint density at radius 3 is 2.35 bits per heavy atom. The Balaban J connectivity index is 1.45. The lowest BCUT2D eigenvalue weighted by molar-refractivity contribution is -0.141. The van der Waals surface area contributed by atoms with Crippen molar-refractivity contribution in [3.05, 3.63) is 0 Å². The lowest BCUT2D eigenvalue weighted by Gasteiger charge is -2.40. The number of carboxylic acids is 1. The minimum absolute atomic E-state index is 0.138. The standard InChI is InChI=1S/C16H27N3O4/c20-15(11-16(21)22)17-12-9-13-1-2-14(10-12)19(13)4-3-18-5-7-23-8-6-18/h12-14H,1-11H2,(H,17,20)(H,21,22). The molecule has 0 spiro atoms. The van der Waals surface area contributed by atoms with E-state index in [2.05, 4.69) is 15.1 Å². The first-order chi connectivity index (χ1) is 11.1. The molecule has 3 aliphatic heterocycles. The molecule has 3 fully saturated rings. The molecule has 3 saturated heterocycles. The normalized spacial score (nSPS) is 31.9. The second-order valence-electron chi connectivity index (χ2n) is 6.88. The van der Waals surface area contributed by atoms with Gasteiger partial charge in [0, 0.05) is 44.3 Å². The van der Waals surface area contributed by atoms with E-state index in [-0.39, 0.29) is 11.9 Å². The van der Waals surface area contributed by atoms with Crippen LogP contribution in [-0.2, 0) is 14.3 Å². The molecule has 0 radical (unpaired) electrons. The van der Waals surface area contributed by atoms with Crippen LogP contribution in [-0.4, -0.2) is 84.3 Å². The summed E-state index contributed by atoms with van der Waals surface area (Å²) in [5.74, 6) is -1.42. The minimum atomic E-state index is -1.06. The number of carbonyl (C=O) groups is 2. The Kier molecular flexibility index (Phi) is 5.50. The van der Waals surface area contributed by atoms with Crippen molar-refractivity contribution >= 4 is 11.9 Å². The van der Waals surface area contributed by atoms with Crippen LogP contribution in [0.5, 0.6) is 0 Å². The Labute approximate surface area is 136 Å². The molecule has 3 aliphatic rings. The Bertz CT molecular complexity index is 425. The molecule has 0 aromatic carbocycles. The third-order valence-electron chi connectivity index (χ3n) is 5.34. The van der Waals surface area contributed by atoms with Crippen molar-refractivity contribution in [1.82, 2.24) is 15.1 Å². The smallest absolute Gasteiger partial charge is 0.312 e. The molecule has 2 unspecified atom stereocenters. The molecule has 7 nitrogen and oxygen atoms in total. The van der Waals surface area contributed by atoms with Gasteiger partial charge in [0.25, 0.3) is 0 Å². The SMILES string of the molecule is O=C(O)CC(=O)NC1CC2CCC(C1)N2CCN1CCOCC1. The Morgan fingerprint density at radius 2 is 1.74 bits per heavy atom. The van der Waals surface area contributed by atoms with E-state index in [1.165, 1.54) is 12.8 Å². The third-order valence-corrected chi connectivity index (χ3v) is 5.34. The lowest BCUT2D eigenvalue weighted by Crippen LogP contribution is -2.52. The summed E-state index contributed by atoms with van der Waals surface area (Å²) < 4.78 is 5.39. The zero-order valence-corrected chi connectivity index (χ0v) is 13.6. The van der Waals surface area contributed by atoms with Gasteiger partial charge in [0.2, 0.25) is 5.91 Å². The van der Waals surface area contributed by atoms with E-state index in [9.17, 15) is 9.59 Å². The van der Waals surface area contributed by atoms with E-state index < -0.39 is 12.4 Å². The highest BCUT2D eigenvalue weighted by Gasteiger charge is 2.40. The van der Waals surface area contributed by atoms with E-state index in [1.807, 2.05) is 0 Å². The number of aliphatic carboxylic acids is 1. The predicted octanol–water partition coefficient (Wildman–Crippen LogP) is -0.0951. The number of fused-ring (bicyclic) bond motifs is 2. The van der Waals surface area contributed by atoms with Crippen molar-refractivity contribution in [2.75, 3.05) is 39.4 Å². The van der Waals surface area contributed by atoms with Crippen molar-refractivity contribution in [2.45, 2.75) is 50.2 Å². The van der Waals surface area contributed by atoms with Gasteiger partial charge in [-0.05, 0) is 25.7 Å². The molecule has 2 N–H and O–H groups in total. The van der Waals surface area contributed by atoms with Crippen molar-refractivity contribution < 1.29 is 19.4 Å². The fraction of sp³-hybridized carbons (Fsp3) is 0.875. The van der Waals surface area contributed by atoms with Gasteiger partial charge < -0.3 is 15.2 Å². The summed E-state index contributed by atoms with van der Waals surface area (Å²) >= 11 is 0. The fourth-order valence-corrected chi connectivity index (χ4v) is 4.25. The first-order valence-electron chi connectivity index (χ1n) is 8.69. The zero-order valence-electron chi connectivity index (χ0n) is 13.6.